The van der Waals surface area contributed by atoms with E-state index in [1.165, 1.54) is 11.3 Å². The highest BCUT2D eigenvalue weighted by Crippen LogP contribution is 2.22. The number of aromatic nitrogens is 1. The second-order valence-corrected chi connectivity index (χ2v) is 5.57. The zero-order valence-electron chi connectivity index (χ0n) is 11.7. The molecule has 0 radical (unpaired) electrons. The number of rotatable bonds is 8. The van der Waals surface area contributed by atoms with Crippen molar-refractivity contribution in [3.63, 3.8) is 0 Å². The van der Waals surface area contributed by atoms with E-state index in [-0.39, 0.29) is 6.42 Å². The van der Waals surface area contributed by atoms with Gasteiger partial charge in [-0.3, -0.25) is 4.79 Å². The molecule has 112 valence electrons. The van der Waals surface area contributed by atoms with E-state index in [1.54, 1.807) is 7.11 Å². The summed E-state index contributed by atoms with van der Waals surface area (Å²) in [6, 6.07) is 9.51. The molecule has 0 bridgehead atoms. The first-order valence-corrected chi connectivity index (χ1v) is 7.36. The molecule has 1 heterocycles. The smallest absolute Gasteiger partial charge is 0.303 e. The molecule has 0 saturated carbocycles. The van der Waals surface area contributed by atoms with Gasteiger partial charge in [0.25, 0.3) is 0 Å². The third-order valence-corrected chi connectivity index (χ3v) is 3.91. The van der Waals surface area contributed by atoms with Crippen molar-refractivity contribution < 1.29 is 19.4 Å². The molecule has 2 aromatic rings. The molecule has 0 spiro atoms. The van der Waals surface area contributed by atoms with Crippen LogP contribution in [-0.4, -0.2) is 23.2 Å². The Morgan fingerprint density at radius 2 is 2.05 bits per heavy atom. The average Bonchev–Trinajstić information content (AvgIpc) is 2.87. The summed E-state index contributed by atoms with van der Waals surface area (Å²) in [7, 11) is 1.60. The van der Waals surface area contributed by atoms with Crippen molar-refractivity contribution in [1.29, 1.82) is 0 Å². The number of para-hydroxylation sites is 1. The maximum Gasteiger partial charge on any atom is 0.303 e. The third-order valence-electron chi connectivity index (χ3n) is 2.78. The average molecular weight is 307 g/mol. The highest BCUT2D eigenvalue weighted by Gasteiger charge is 2.13. The molecule has 1 aromatic carbocycles. The Bertz CT molecular complexity index is 583. The SMILES string of the molecule is COCc1nc(COc2ccccc2)sc1CCC(=O)O. The number of ether oxygens (including phenoxy) is 2. The Hall–Kier alpha value is -1.92. The first-order chi connectivity index (χ1) is 10.2. The molecule has 0 atom stereocenters. The normalized spacial score (nSPS) is 10.5. The van der Waals surface area contributed by atoms with Gasteiger partial charge in [-0.25, -0.2) is 4.98 Å². The predicted molar refractivity (Wildman–Crippen MR) is 79.6 cm³/mol. The van der Waals surface area contributed by atoms with Crippen LogP contribution in [0.5, 0.6) is 5.75 Å². The lowest BCUT2D eigenvalue weighted by Crippen LogP contribution is -1.99. The molecule has 21 heavy (non-hydrogen) atoms. The fraction of sp³-hybridized carbons (Fsp3) is 0.333. The summed E-state index contributed by atoms with van der Waals surface area (Å²) in [5, 5.41) is 9.61. The number of nitrogens with zero attached hydrogens (tertiary/aromatic N) is 1. The molecule has 0 fully saturated rings. The Morgan fingerprint density at radius 3 is 2.71 bits per heavy atom. The third kappa shape index (κ3) is 4.84. The summed E-state index contributed by atoms with van der Waals surface area (Å²) in [6.45, 7) is 0.759. The number of hydrogen-bond acceptors (Lipinski definition) is 5. The number of carbonyl (C=O) groups is 1. The summed E-state index contributed by atoms with van der Waals surface area (Å²) >= 11 is 1.48. The second-order valence-electron chi connectivity index (χ2n) is 4.41. The minimum absolute atomic E-state index is 0.0951. The Labute approximate surface area is 127 Å². The first-order valence-electron chi connectivity index (χ1n) is 6.55. The molecule has 0 aliphatic heterocycles. The monoisotopic (exact) mass is 307 g/mol. The number of carboxylic acid groups (broad SMARTS) is 1. The topological polar surface area (TPSA) is 68.7 Å². The standard InChI is InChI=1S/C15H17NO4S/c1-19-9-12-13(7-8-15(17)18)21-14(16-12)10-20-11-5-3-2-4-6-11/h2-6H,7-10H2,1H3,(H,17,18). The summed E-state index contributed by atoms with van der Waals surface area (Å²) < 4.78 is 10.8. The van der Waals surface area contributed by atoms with Crippen LogP contribution in [0.2, 0.25) is 0 Å². The Kier molecular flexibility index (Phi) is 5.71. The van der Waals surface area contributed by atoms with Gasteiger partial charge in [0.15, 0.2) is 0 Å². The molecule has 2 rings (SSSR count). The van der Waals surface area contributed by atoms with E-state index >= 15 is 0 Å². The van der Waals surface area contributed by atoms with Gasteiger partial charge in [-0.1, -0.05) is 18.2 Å². The van der Waals surface area contributed by atoms with Crippen LogP contribution in [0.25, 0.3) is 0 Å². The zero-order valence-corrected chi connectivity index (χ0v) is 12.6. The van der Waals surface area contributed by atoms with Crippen molar-refractivity contribution in [2.24, 2.45) is 0 Å². The summed E-state index contributed by atoms with van der Waals surface area (Å²) in [5.41, 5.74) is 0.801. The van der Waals surface area contributed by atoms with Gasteiger partial charge in [0, 0.05) is 12.0 Å². The van der Waals surface area contributed by atoms with Gasteiger partial charge < -0.3 is 14.6 Å². The van der Waals surface area contributed by atoms with E-state index in [0.717, 1.165) is 21.3 Å². The fourth-order valence-corrected chi connectivity index (χ4v) is 2.81. The van der Waals surface area contributed by atoms with E-state index in [9.17, 15) is 4.79 Å². The molecule has 1 N–H and O–H groups in total. The number of hydrogen-bond donors (Lipinski definition) is 1. The van der Waals surface area contributed by atoms with Crippen LogP contribution < -0.4 is 4.74 Å². The summed E-state index contributed by atoms with van der Waals surface area (Å²) in [6.07, 6.45) is 0.564. The van der Waals surface area contributed by atoms with Crippen molar-refractivity contribution >= 4 is 17.3 Å². The number of aryl methyl sites for hydroxylation is 1. The lowest BCUT2D eigenvalue weighted by Gasteiger charge is -2.02. The molecule has 0 aliphatic carbocycles. The van der Waals surface area contributed by atoms with Gasteiger partial charge in [-0.15, -0.1) is 11.3 Å². The molecular formula is C15H17NO4S. The molecule has 0 aliphatic rings. The lowest BCUT2D eigenvalue weighted by molar-refractivity contribution is -0.136. The number of carboxylic acids is 1. The van der Waals surface area contributed by atoms with Crippen LogP contribution in [0.4, 0.5) is 0 Å². The minimum atomic E-state index is -0.811. The number of benzene rings is 1. The van der Waals surface area contributed by atoms with Crippen LogP contribution in [0, 0.1) is 0 Å². The van der Waals surface area contributed by atoms with E-state index in [1.807, 2.05) is 30.3 Å². The zero-order chi connectivity index (χ0) is 15.1. The van der Waals surface area contributed by atoms with Crippen molar-refractivity contribution in [3.8, 4) is 5.75 Å². The lowest BCUT2D eigenvalue weighted by atomic mass is 10.2. The maximum atomic E-state index is 10.7. The minimum Gasteiger partial charge on any atom is -0.486 e. The van der Waals surface area contributed by atoms with E-state index < -0.39 is 5.97 Å². The highest BCUT2D eigenvalue weighted by atomic mass is 32.1. The number of methoxy groups -OCH3 is 1. The van der Waals surface area contributed by atoms with Crippen LogP contribution >= 0.6 is 11.3 Å². The van der Waals surface area contributed by atoms with Crippen molar-refractivity contribution in [2.75, 3.05) is 7.11 Å². The van der Waals surface area contributed by atoms with Gasteiger partial charge in [-0.05, 0) is 18.6 Å². The summed E-state index contributed by atoms with van der Waals surface area (Å²) in [4.78, 5) is 16.1. The van der Waals surface area contributed by atoms with Crippen LogP contribution in [0.1, 0.15) is 22.0 Å². The highest BCUT2D eigenvalue weighted by molar-refractivity contribution is 7.11. The van der Waals surface area contributed by atoms with Crippen molar-refractivity contribution in [3.05, 3.63) is 45.9 Å². The van der Waals surface area contributed by atoms with Crippen LogP contribution in [0.3, 0.4) is 0 Å². The van der Waals surface area contributed by atoms with E-state index in [4.69, 9.17) is 14.6 Å². The van der Waals surface area contributed by atoms with Crippen LogP contribution in [0.15, 0.2) is 30.3 Å². The molecular weight excluding hydrogens is 290 g/mol. The molecule has 0 amide bonds. The van der Waals surface area contributed by atoms with Crippen LogP contribution in [-0.2, 0) is 29.2 Å². The van der Waals surface area contributed by atoms with Gasteiger partial charge in [-0.2, -0.15) is 0 Å². The molecule has 6 heteroatoms. The molecule has 0 saturated heterocycles. The van der Waals surface area contributed by atoms with E-state index in [2.05, 4.69) is 4.98 Å². The number of thiazole rings is 1. The number of aliphatic carboxylic acids is 1. The predicted octanol–water partition coefficient (Wildman–Crippen LogP) is 2.89. The van der Waals surface area contributed by atoms with E-state index in [0.29, 0.717) is 19.6 Å². The second kappa shape index (κ2) is 7.75. The molecule has 5 nitrogen and oxygen atoms in total. The Morgan fingerprint density at radius 1 is 1.29 bits per heavy atom. The summed E-state index contributed by atoms with van der Waals surface area (Å²) in [5.74, 6) is -0.0260. The van der Waals surface area contributed by atoms with Gasteiger partial charge in [0.2, 0.25) is 0 Å². The van der Waals surface area contributed by atoms with Crippen molar-refractivity contribution in [2.45, 2.75) is 26.1 Å². The molecule has 0 unspecified atom stereocenters. The maximum absolute atomic E-state index is 10.7. The Balaban J connectivity index is 2.02. The largest absolute Gasteiger partial charge is 0.486 e. The van der Waals surface area contributed by atoms with Gasteiger partial charge in [0.05, 0.1) is 18.7 Å². The van der Waals surface area contributed by atoms with Crippen molar-refractivity contribution in [1.82, 2.24) is 4.98 Å². The first kappa shape index (κ1) is 15.5. The quantitative estimate of drug-likeness (QED) is 0.812. The van der Waals surface area contributed by atoms with Gasteiger partial charge in [0.1, 0.15) is 17.4 Å². The fourth-order valence-electron chi connectivity index (χ4n) is 1.83. The molecule has 1 aromatic heterocycles. The van der Waals surface area contributed by atoms with Gasteiger partial charge >= 0.3 is 5.97 Å².